The van der Waals surface area contributed by atoms with E-state index in [-0.39, 0.29) is 0 Å². The summed E-state index contributed by atoms with van der Waals surface area (Å²) < 4.78 is 0. The summed E-state index contributed by atoms with van der Waals surface area (Å²) in [6, 6.07) is 8.31. The van der Waals surface area contributed by atoms with Gasteiger partial charge in [0.25, 0.3) is 0 Å². The predicted octanol–water partition coefficient (Wildman–Crippen LogP) is 6.25. The van der Waals surface area contributed by atoms with Crippen molar-refractivity contribution in [2.24, 2.45) is 11.3 Å². The van der Waals surface area contributed by atoms with E-state index in [1.165, 1.54) is 37.7 Å². The van der Waals surface area contributed by atoms with Crippen LogP contribution in [0.1, 0.15) is 51.5 Å². The van der Waals surface area contributed by atoms with Crippen LogP contribution in [0, 0.1) is 11.3 Å². The van der Waals surface area contributed by atoms with Crippen LogP contribution in [0.25, 0.3) is 0 Å². The largest absolute Gasteiger partial charge is 0.0881 e. The minimum atomic E-state index is 0.497. The SMILES string of the molecule is CC(C)CC1(C(Br)Cc2cccc(Cl)c2)CCCC1. The van der Waals surface area contributed by atoms with E-state index in [2.05, 4.69) is 48.0 Å². The van der Waals surface area contributed by atoms with Gasteiger partial charge in [0.05, 0.1) is 0 Å². The zero-order chi connectivity index (χ0) is 13.9. The second kappa shape index (κ2) is 6.63. The van der Waals surface area contributed by atoms with Crippen LogP contribution in [-0.4, -0.2) is 4.83 Å². The third-order valence-electron chi connectivity index (χ3n) is 4.38. The monoisotopic (exact) mass is 342 g/mol. The first kappa shape index (κ1) is 15.4. The molecule has 0 saturated heterocycles. The lowest BCUT2D eigenvalue weighted by molar-refractivity contribution is 0.228. The second-order valence-corrected chi connectivity index (χ2v) is 8.01. The molecule has 0 radical (unpaired) electrons. The Kier molecular flexibility index (Phi) is 5.37. The lowest BCUT2D eigenvalue weighted by Crippen LogP contribution is -2.31. The van der Waals surface area contributed by atoms with Gasteiger partial charge in [0.1, 0.15) is 0 Å². The summed E-state index contributed by atoms with van der Waals surface area (Å²) in [6.07, 6.45) is 7.97. The van der Waals surface area contributed by atoms with Crippen LogP contribution < -0.4 is 0 Å². The molecule has 1 aromatic rings. The Morgan fingerprint density at radius 2 is 1.95 bits per heavy atom. The topological polar surface area (TPSA) is 0 Å². The smallest absolute Gasteiger partial charge is 0.0408 e. The van der Waals surface area contributed by atoms with Crippen molar-refractivity contribution in [2.45, 2.75) is 57.2 Å². The van der Waals surface area contributed by atoms with Crippen LogP contribution in [0.3, 0.4) is 0 Å². The molecule has 2 heteroatoms. The summed E-state index contributed by atoms with van der Waals surface area (Å²) in [4.78, 5) is 0.573. The van der Waals surface area contributed by atoms with Crippen LogP contribution in [0.2, 0.25) is 5.02 Å². The predicted molar refractivity (Wildman–Crippen MR) is 88.2 cm³/mol. The molecule has 0 aliphatic heterocycles. The van der Waals surface area contributed by atoms with Gasteiger partial charge in [-0.15, -0.1) is 0 Å². The molecule has 19 heavy (non-hydrogen) atoms. The molecular weight excluding hydrogens is 320 g/mol. The van der Waals surface area contributed by atoms with Crippen molar-refractivity contribution in [1.82, 2.24) is 0 Å². The van der Waals surface area contributed by atoms with Crippen molar-refractivity contribution in [2.75, 3.05) is 0 Å². The summed E-state index contributed by atoms with van der Waals surface area (Å²) in [5.74, 6) is 0.775. The first-order valence-corrected chi connectivity index (χ1v) is 8.70. The summed E-state index contributed by atoms with van der Waals surface area (Å²) in [7, 11) is 0. The molecule has 1 aliphatic carbocycles. The first-order chi connectivity index (χ1) is 9.02. The molecule has 106 valence electrons. The fourth-order valence-electron chi connectivity index (χ4n) is 3.62. The molecule has 0 bridgehead atoms. The maximum absolute atomic E-state index is 6.09. The molecule has 0 nitrogen and oxygen atoms in total. The molecule has 1 atom stereocenters. The highest BCUT2D eigenvalue weighted by atomic mass is 79.9. The van der Waals surface area contributed by atoms with E-state index in [1.54, 1.807) is 0 Å². The Balaban J connectivity index is 2.09. The summed E-state index contributed by atoms with van der Waals surface area (Å²) >= 11 is 10.1. The molecule has 0 spiro atoms. The van der Waals surface area contributed by atoms with E-state index in [0.717, 1.165) is 17.4 Å². The van der Waals surface area contributed by atoms with Crippen LogP contribution in [0.5, 0.6) is 0 Å². The Morgan fingerprint density at radius 3 is 2.53 bits per heavy atom. The van der Waals surface area contributed by atoms with E-state index in [1.807, 2.05) is 6.07 Å². The van der Waals surface area contributed by atoms with E-state index < -0.39 is 0 Å². The Labute approximate surface area is 131 Å². The summed E-state index contributed by atoms with van der Waals surface area (Å²) in [5, 5.41) is 0.849. The van der Waals surface area contributed by atoms with Crippen LogP contribution >= 0.6 is 27.5 Å². The second-order valence-electron chi connectivity index (χ2n) is 6.47. The third kappa shape index (κ3) is 3.98. The van der Waals surface area contributed by atoms with Gasteiger partial charge >= 0.3 is 0 Å². The van der Waals surface area contributed by atoms with Gasteiger partial charge in [-0.3, -0.25) is 0 Å². The number of halogens is 2. The minimum Gasteiger partial charge on any atom is -0.0881 e. The average molecular weight is 344 g/mol. The van der Waals surface area contributed by atoms with Crippen molar-refractivity contribution in [1.29, 1.82) is 0 Å². The Bertz CT molecular complexity index is 407. The molecule has 0 amide bonds. The van der Waals surface area contributed by atoms with Crippen molar-refractivity contribution in [3.63, 3.8) is 0 Å². The van der Waals surface area contributed by atoms with E-state index in [9.17, 15) is 0 Å². The molecule has 1 unspecified atom stereocenters. The van der Waals surface area contributed by atoms with Crippen molar-refractivity contribution < 1.29 is 0 Å². The zero-order valence-corrected chi connectivity index (χ0v) is 14.3. The fraction of sp³-hybridized carbons (Fsp3) is 0.647. The van der Waals surface area contributed by atoms with E-state index in [0.29, 0.717) is 10.2 Å². The highest BCUT2D eigenvalue weighted by Gasteiger charge is 2.40. The maximum Gasteiger partial charge on any atom is 0.0408 e. The van der Waals surface area contributed by atoms with Gasteiger partial charge in [0, 0.05) is 9.85 Å². The van der Waals surface area contributed by atoms with E-state index >= 15 is 0 Å². The quantitative estimate of drug-likeness (QED) is 0.554. The average Bonchev–Trinajstić information content (AvgIpc) is 2.78. The van der Waals surface area contributed by atoms with Gasteiger partial charge in [0.15, 0.2) is 0 Å². The Hall–Kier alpha value is -0.0100. The molecule has 0 heterocycles. The van der Waals surface area contributed by atoms with E-state index in [4.69, 9.17) is 11.6 Å². The van der Waals surface area contributed by atoms with Gasteiger partial charge < -0.3 is 0 Å². The standard InChI is InChI=1S/C17H24BrCl/c1-13(2)12-17(8-3-4-9-17)16(18)11-14-6-5-7-15(19)10-14/h5-7,10,13,16H,3-4,8-9,11-12H2,1-2H3. The van der Waals surface area contributed by atoms with Crippen LogP contribution in [0.4, 0.5) is 0 Å². The van der Waals surface area contributed by atoms with Crippen LogP contribution in [-0.2, 0) is 6.42 Å². The molecule has 1 aromatic carbocycles. The normalized spacial score (nSPS) is 19.8. The van der Waals surface area contributed by atoms with Crippen molar-refractivity contribution in [3.8, 4) is 0 Å². The highest BCUT2D eigenvalue weighted by Crippen LogP contribution is 2.49. The number of benzene rings is 1. The highest BCUT2D eigenvalue weighted by molar-refractivity contribution is 9.09. The molecule has 1 aliphatic rings. The number of alkyl halides is 1. The molecule has 0 N–H and O–H groups in total. The zero-order valence-electron chi connectivity index (χ0n) is 12.0. The molecular formula is C17H24BrCl. The summed E-state index contributed by atoms with van der Waals surface area (Å²) in [5.41, 5.74) is 1.85. The molecule has 2 rings (SSSR count). The minimum absolute atomic E-state index is 0.497. The number of rotatable bonds is 5. The number of hydrogen-bond donors (Lipinski definition) is 0. The Morgan fingerprint density at radius 1 is 1.26 bits per heavy atom. The number of hydrogen-bond acceptors (Lipinski definition) is 0. The van der Waals surface area contributed by atoms with Gasteiger partial charge in [-0.05, 0) is 54.7 Å². The molecule has 1 saturated carbocycles. The van der Waals surface area contributed by atoms with Crippen molar-refractivity contribution >= 4 is 27.5 Å². The maximum atomic E-state index is 6.09. The first-order valence-electron chi connectivity index (χ1n) is 7.40. The van der Waals surface area contributed by atoms with Gasteiger partial charge in [-0.2, -0.15) is 0 Å². The van der Waals surface area contributed by atoms with Crippen LogP contribution in [0.15, 0.2) is 24.3 Å². The summed E-state index contributed by atoms with van der Waals surface area (Å²) in [6.45, 7) is 4.69. The lowest BCUT2D eigenvalue weighted by Gasteiger charge is -2.36. The van der Waals surface area contributed by atoms with Gasteiger partial charge in [-0.1, -0.05) is 66.4 Å². The molecule has 1 fully saturated rings. The van der Waals surface area contributed by atoms with Gasteiger partial charge in [0.2, 0.25) is 0 Å². The molecule has 0 aromatic heterocycles. The van der Waals surface area contributed by atoms with Gasteiger partial charge in [-0.25, -0.2) is 0 Å². The lowest BCUT2D eigenvalue weighted by atomic mass is 9.74. The van der Waals surface area contributed by atoms with Crippen molar-refractivity contribution in [3.05, 3.63) is 34.9 Å². The fourth-order valence-corrected chi connectivity index (χ4v) is 4.86. The third-order valence-corrected chi connectivity index (χ3v) is 5.91.